The summed E-state index contributed by atoms with van der Waals surface area (Å²) in [5, 5.41) is 7.43. The molecule has 0 fully saturated rings. The zero-order valence-electron chi connectivity index (χ0n) is 32.4. The summed E-state index contributed by atoms with van der Waals surface area (Å²) in [4.78, 5) is 3.61. The van der Waals surface area contributed by atoms with E-state index < -0.39 is 21.4 Å². The van der Waals surface area contributed by atoms with E-state index in [0.717, 1.165) is 52.5 Å². The van der Waals surface area contributed by atoms with E-state index in [1.54, 1.807) is 28.4 Å². The van der Waals surface area contributed by atoms with E-state index in [2.05, 4.69) is 0 Å². The van der Waals surface area contributed by atoms with Gasteiger partial charge in [0.2, 0.25) is 0 Å². The second kappa shape index (κ2) is 14.4. The Bertz CT molecular complexity index is 3670. The Kier molecular flexibility index (Phi) is 8.74. The van der Waals surface area contributed by atoms with Gasteiger partial charge in [-0.1, -0.05) is 97.1 Å². The third-order valence-electron chi connectivity index (χ3n) is 11.1. The average Bonchev–Trinajstić information content (AvgIpc) is 3.84. The molecule has 0 aliphatic heterocycles. The first kappa shape index (κ1) is 37.6. The largest absolute Gasteiger partial charge is 0.534 e. The second-order valence-corrected chi connectivity index (χ2v) is 17.5. The van der Waals surface area contributed by atoms with Gasteiger partial charge in [-0.05, 0) is 106 Å². The lowest BCUT2D eigenvalue weighted by atomic mass is 10.1. The lowest BCUT2D eigenvalue weighted by molar-refractivity contribution is -0.0499. The molecule has 0 amide bonds. The molecule has 0 saturated carbocycles. The van der Waals surface area contributed by atoms with Gasteiger partial charge in [0.1, 0.15) is 11.2 Å². The van der Waals surface area contributed by atoms with Crippen LogP contribution in [-0.4, -0.2) is 13.9 Å². The summed E-state index contributed by atoms with van der Waals surface area (Å²) in [6.07, 6.45) is 0. The maximum Gasteiger partial charge on any atom is 0.534 e. The second-order valence-electron chi connectivity index (χ2n) is 14.9. The van der Waals surface area contributed by atoms with Crippen molar-refractivity contribution in [3.63, 3.8) is 0 Å². The van der Waals surface area contributed by atoms with E-state index in [4.69, 9.17) is 8.60 Å². The quantitative estimate of drug-likeness (QED) is 0.112. The lowest BCUT2D eigenvalue weighted by Gasteiger charge is -2.30. The number of para-hydroxylation sites is 1. The normalized spacial score (nSPS) is 12.2. The van der Waals surface area contributed by atoms with E-state index in [0.29, 0.717) is 39.6 Å². The number of benzene rings is 9. The van der Waals surface area contributed by atoms with Crippen LogP contribution in [0.25, 0.3) is 63.7 Å². The van der Waals surface area contributed by atoms with E-state index in [1.165, 1.54) is 6.07 Å². The molecule has 11 heteroatoms. The molecule has 0 radical (unpaired) electrons. The van der Waals surface area contributed by atoms with E-state index in [1.807, 2.05) is 175 Å². The molecule has 0 bridgehead atoms. The standard InChI is InChI=1S/C51H31F3N2O4S2/c52-51(53,54)62(57,58)60-48-31-40(55(36-19-17-32-9-1-3-11-34(32)27-36)38-22-25-47-43(29-38)41-13-5-7-15-46(41)59-47)21-24-45(48)56(37-20-18-33-10-2-4-12-35(33)28-37)39-23-26-50-44(30-39)42-14-6-8-16-49(42)61-50/h1-31H. The number of nitrogens with zero attached hydrogens (tertiary/aromatic N) is 2. The Labute approximate surface area is 357 Å². The Morgan fingerprint density at radius 1 is 0.452 bits per heavy atom. The van der Waals surface area contributed by atoms with Crippen LogP contribution in [0.1, 0.15) is 0 Å². The fraction of sp³-hybridized carbons (Fsp3) is 0.0196. The number of thiophene rings is 1. The first-order chi connectivity index (χ1) is 30.1. The minimum Gasteiger partial charge on any atom is -0.456 e. The maximum absolute atomic E-state index is 14.4. The molecule has 302 valence electrons. The highest BCUT2D eigenvalue weighted by Gasteiger charge is 2.49. The zero-order valence-corrected chi connectivity index (χ0v) is 34.0. The molecule has 6 nitrogen and oxygen atoms in total. The zero-order chi connectivity index (χ0) is 42.2. The van der Waals surface area contributed by atoms with Crippen LogP contribution in [0.2, 0.25) is 0 Å². The van der Waals surface area contributed by atoms with Crippen molar-refractivity contribution in [3.8, 4) is 5.75 Å². The lowest BCUT2D eigenvalue weighted by Crippen LogP contribution is -2.28. The third kappa shape index (κ3) is 6.45. The summed E-state index contributed by atoms with van der Waals surface area (Å²) >= 11 is 1.63. The molecular formula is C51H31F3N2O4S2. The Morgan fingerprint density at radius 2 is 0.952 bits per heavy atom. The fourth-order valence-corrected chi connectivity index (χ4v) is 9.82. The summed E-state index contributed by atoms with van der Waals surface area (Å²) in [6, 6.07) is 59.1. The summed E-state index contributed by atoms with van der Waals surface area (Å²) in [5.41, 5.74) is -1.44. The van der Waals surface area contributed by atoms with Crippen molar-refractivity contribution in [2.45, 2.75) is 5.51 Å². The highest BCUT2D eigenvalue weighted by molar-refractivity contribution is 7.88. The molecule has 0 aliphatic carbocycles. The van der Waals surface area contributed by atoms with Crippen LogP contribution in [0.4, 0.5) is 47.3 Å². The molecule has 9 aromatic carbocycles. The number of alkyl halides is 3. The van der Waals surface area contributed by atoms with Gasteiger partial charge in [0, 0.05) is 59.8 Å². The first-order valence-electron chi connectivity index (χ1n) is 19.6. The number of hydrogen-bond donors (Lipinski definition) is 0. The molecule has 2 heterocycles. The van der Waals surface area contributed by atoms with Crippen molar-refractivity contribution in [2.75, 3.05) is 9.80 Å². The molecule has 0 saturated heterocycles. The molecule has 11 rings (SSSR count). The molecule has 0 spiro atoms. The topological polar surface area (TPSA) is 63.0 Å². The number of furan rings is 1. The monoisotopic (exact) mass is 856 g/mol. The predicted octanol–water partition coefficient (Wildman–Crippen LogP) is 15.4. The van der Waals surface area contributed by atoms with E-state index in [9.17, 15) is 21.6 Å². The van der Waals surface area contributed by atoms with Gasteiger partial charge < -0.3 is 18.4 Å². The Balaban J connectivity index is 1.16. The predicted molar refractivity (Wildman–Crippen MR) is 247 cm³/mol. The first-order valence-corrected chi connectivity index (χ1v) is 21.9. The molecule has 2 aromatic heterocycles. The van der Waals surface area contributed by atoms with Crippen molar-refractivity contribution in [1.82, 2.24) is 0 Å². The Hall–Kier alpha value is -7.34. The van der Waals surface area contributed by atoms with Gasteiger partial charge in [0.05, 0.1) is 11.4 Å². The summed E-state index contributed by atoms with van der Waals surface area (Å²) in [7, 11) is -6.16. The smallest absolute Gasteiger partial charge is 0.456 e. The van der Waals surface area contributed by atoms with Crippen molar-refractivity contribution < 1.29 is 30.2 Å². The number of halogens is 3. The fourth-order valence-electron chi connectivity index (χ4n) is 8.27. The molecule has 11 aromatic rings. The van der Waals surface area contributed by atoms with Gasteiger partial charge in [0.15, 0.2) is 5.75 Å². The van der Waals surface area contributed by atoms with Gasteiger partial charge >= 0.3 is 15.6 Å². The molecule has 0 unspecified atom stereocenters. The van der Waals surface area contributed by atoms with Gasteiger partial charge in [-0.2, -0.15) is 21.6 Å². The Morgan fingerprint density at radius 3 is 1.68 bits per heavy atom. The van der Waals surface area contributed by atoms with Gasteiger partial charge in [-0.3, -0.25) is 0 Å². The van der Waals surface area contributed by atoms with Crippen LogP contribution in [0.15, 0.2) is 192 Å². The van der Waals surface area contributed by atoms with Crippen LogP contribution in [0.5, 0.6) is 5.75 Å². The SMILES string of the molecule is O=S(=O)(Oc1cc(N(c2ccc3ccccc3c2)c2ccc3oc4ccccc4c3c2)ccc1N(c1ccc2ccccc2c1)c1ccc2sc3ccccc3c2c1)C(F)(F)F. The molecule has 0 N–H and O–H groups in total. The summed E-state index contributed by atoms with van der Waals surface area (Å²) < 4.78 is 83.0. The van der Waals surface area contributed by atoms with Gasteiger partial charge in [0.25, 0.3) is 0 Å². The van der Waals surface area contributed by atoms with Crippen molar-refractivity contribution in [1.29, 1.82) is 0 Å². The van der Waals surface area contributed by atoms with Crippen LogP contribution < -0.4 is 14.0 Å². The molecule has 0 aliphatic rings. The number of hydrogen-bond acceptors (Lipinski definition) is 7. The van der Waals surface area contributed by atoms with Crippen molar-refractivity contribution in [3.05, 3.63) is 188 Å². The van der Waals surface area contributed by atoms with Gasteiger partial charge in [-0.15, -0.1) is 11.3 Å². The molecule has 0 atom stereocenters. The number of anilines is 6. The highest BCUT2D eigenvalue weighted by Crippen LogP contribution is 2.48. The number of rotatable bonds is 8. The highest BCUT2D eigenvalue weighted by atomic mass is 32.2. The summed E-state index contributed by atoms with van der Waals surface area (Å²) in [5.74, 6) is -0.524. The van der Waals surface area contributed by atoms with E-state index in [-0.39, 0.29) is 5.69 Å². The van der Waals surface area contributed by atoms with Crippen LogP contribution in [0.3, 0.4) is 0 Å². The minimum absolute atomic E-state index is 0.0745. The van der Waals surface area contributed by atoms with Crippen LogP contribution >= 0.6 is 11.3 Å². The van der Waals surface area contributed by atoms with Crippen LogP contribution in [0, 0.1) is 0 Å². The van der Waals surface area contributed by atoms with Crippen molar-refractivity contribution in [2.24, 2.45) is 0 Å². The minimum atomic E-state index is -6.16. The van der Waals surface area contributed by atoms with Gasteiger partial charge in [-0.25, -0.2) is 0 Å². The average molecular weight is 857 g/mol. The van der Waals surface area contributed by atoms with Crippen molar-refractivity contribution >= 4 is 119 Å². The number of fused-ring (bicyclic) bond motifs is 8. The summed E-state index contributed by atoms with van der Waals surface area (Å²) in [6.45, 7) is 0. The maximum atomic E-state index is 14.4. The molecular weight excluding hydrogens is 826 g/mol. The van der Waals surface area contributed by atoms with E-state index >= 15 is 0 Å². The molecule has 62 heavy (non-hydrogen) atoms. The third-order valence-corrected chi connectivity index (χ3v) is 13.3. The van der Waals surface area contributed by atoms with Crippen LogP contribution in [-0.2, 0) is 10.1 Å².